The number of imidazole rings is 1. The molecule has 136 valence electrons. The van der Waals surface area contributed by atoms with E-state index in [2.05, 4.69) is 33.7 Å². The molecule has 0 aliphatic heterocycles. The van der Waals surface area contributed by atoms with Crippen LogP contribution in [0.3, 0.4) is 0 Å². The molecule has 0 fully saturated rings. The Morgan fingerprint density at radius 2 is 2.04 bits per heavy atom. The molecule has 0 aliphatic rings. The number of rotatable bonds is 6. The van der Waals surface area contributed by atoms with Gasteiger partial charge in [0.1, 0.15) is 17.1 Å². The second kappa shape index (κ2) is 7.56. The van der Waals surface area contributed by atoms with Crippen molar-refractivity contribution in [1.29, 1.82) is 0 Å². The van der Waals surface area contributed by atoms with Crippen LogP contribution in [0.4, 0.5) is 0 Å². The lowest BCUT2D eigenvalue weighted by Gasteiger charge is -2.18. The number of nitrogens with one attached hydrogen (secondary N) is 1. The molecular weight excluding hydrogens is 328 g/mol. The highest BCUT2D eigenvalue weighted by Gasteiger charge is 2.20. The first-order valence-corrected chi connectivity index (χ1v) is 8.74. The lowest BCUT2D eigenvalue weighted by atomic mass is 10.1. The third-order valence-electron chi connectivity index (χ3n) is 4.26. The molecule has 0 unspecified atom stereocenters. The van der Waals surface area contributed by atoms with Crippen LogP contribution in [0.2, 0.25) is 0 Å². The molecule has 1 N–H and O–H groups in total. The standard InChI is InChI=1S/C20H24N4O2/c1-13(2)24-19(23-17-9-6-10-21-20(17)24)14(3)22-18(25)12-15-7-5-8-16(11-15)26-4/h5-11,13-14H,12H2,1-4H3,(H,22,25)/t14-/m0/s1. The maximum Gasteiger partial charge on any atom is 0.224 e. The van der Waals surface area contributed by atoms with Crippen molar-refractivity contribution in [1.82, 2.24) is 19.9 Å². The van der Waals surface area contributed by atoms with E-state index in [0.717, 1.165) is 28.3 Å². The van der Waals surface area contributed by atoms with Crippen LogP contribution >= 0.6 is 0 Å². The van der Waals surface area contributed by atoms with Crippen molar-refractivity contribution in [2.24, 2.45) is 0 Å². The molecule has 0 aliphatic carbocycles. The maximum atomic E-state index is 12.5. The molecule has 3 rings (SSSR count). The Hall–Kier alpha value is -2.89. The highest BCUT2D eigenvalue weighted by Crippen LogP contribution is 2.23. The Labute approximate surface area is 153 Å². The van der Waals surface area contributed by atoms with Gasteiger partial charge in [-0.1, -0.05) is 12.1 Å². The molecule has 2 aromatic heterocycles. The largest absolute Gasteiger partial charge is 0.497 e. The van der Waals surface area contributed by atoms with E-state index in [4.69, 9.17) is 4.74 Å². The van der Waals surface area contributed by atoms with E-state index in [1.54, 1.807) is 13.3 Å². The van der Waals surface area contributed by atoms with Crippen LogP contribution < -0.4 is 10.1 Å². The number of carbonyl (C=O) groups excluding carboxylic acids is 1. The van der Waals surface area contributed by atoms with Gasteiger partial charge in [0.15, 0.2) is 5.65 Å². The molecule has 1 amide bonds. The third kappa shape index (κ3) is 3.69. The predicted molar refractivity (Wildman–Crippen MR) is 101 cm³/mol. The van der Waals surface area contributed by atoms with E-state index in [1.807, 2.05) is 43.3 Å². The summed E-state index contributed by atoms with van der Waals surface area (Å²) in [5.74, 6) is 1.50. The lowest BCUT2D eigenvalue weighted by molar-refractivity contribution is -0.121. The molecule has 6 heteroatoms. The number of benzene rings is 1. The number of hydrogen-bond donors (Lipinski definition) is 1. The Balaban J connectivity index is 1.79. The van der Waals surface area contributed by atoms with Crippen LogP contribution in [-0.4, -0.2) is 27.6 Å². The van der Waals surface area contributed by atoms with Crippen molar-refractivity contribution < 1.29 is 9.53 Å². The van der Waals surface area contributed by atoms with Gasteiger partial charge in [-0.25, -0.2) is 9.97 Å². The lowest BCUT2D eigenvalue weighted by Crippen LogP contribution is -2.30. The topological polar surface area (TPSA) is 69.0 Å². The Morgan fingerprint density at radius 3 is 2.77 bits per heavy atom. The van der Waals surface area contributed by atoms with Crippen molar-refractivity contribution in [2.45, 2.75) is 39.3 Å². The Kier molecular flexibility index (Phi) is 5.21. The quantitative estimate of drug-likeness (QED) is 0.738. The first-order valence-electron chi connectivity index (χ1n) is 8.74. The average molecular weight is 352 g/mol. The minimum absolute atomic E-state index is 0.0546. The minimum atomic E-state index is -0.218. The summed E-state index contributed by atoms with van der Waals surface area (Å²) in [4.78, 5) is 21.6. The van der Waals surface area contributed by atoms with Crippen LogP contribution in [0.5, 0.6) is 5.75 Å². The highest BCUT2D eigenvalue weighted by molar-refractivity contribution is 5.79. The molecular formula is C20H24N4O2. The number of amides is 1. The average Bonchev–Trinajstić information content (AvgIpc) is 3.01. The van der Waals surface area contributed by atoms with Gasteiger partial charge in [0, 0.05) is 12.2 Å². The fraction of sp³-hybridized carbons (Fsp3) is 0.350. The van der Waals surface area contributed by atoms with E-state index < -0.39 is 0 Å². The van der Waals surface area contributed by atoms with Crippen LogP contribution in [0.25, 0.3) is 11.2 Å². The normalized spacial score (nSPS) is 12.3. The summed E-state index contributed by atoms with van der Waals surface area (Å²) in [5, 5.41) is 3.05. The molecule has 0 spiro atoms. The third-order valence-corrected chi connectivity index (χ3v) is 4.26. The molecule has 2 heterocycles. The molecule has 0 radical (unpaired) electrons. The van der Waals surface area contributed by atoms with Crippen LogP contribution in [0, 0.1) is 0 Å². The highest BCUT2D eigenvalue weighted by atomic mass is 16.5. The van der Waals surface area contributed by atoms with Crippen LogP contribution in [0.1, 0.15) is 44.2 Å². The van der Waals surface area contributed by atoms with Gasteiger partial charge in [0.05, 0.1) is 19.6 Å². The van der Waals surface area contributed by atoms with Gasteiger partial charge in [-0.3, -0.25) is 4.79 Å². The Morgan fingerprint density at radius 1 is 1.23 bits per heavy atom. The number of methoxy groups -OCH3 is 1. The zero-order chi connectivity index (χ0) is 18.7. The SMILES string of the molecule is COc1cccc(CC(=O)N[C@@H](C)c2nc3cccnc3n2C(C)C)c1. The summed E-state index contributed by atoms with van der Waals surface area (Å²) in [6.07, 6.45) is 2.06. The van der Waals surface area contributed by atoms with E-state index in [0.29, 0.717) is 6.42 Å². The van der Waals surface area contributed by atoms with Gasteiger partial charge in [0.2, 0.25) is 5.91 Å². The molecule has 1 aromatic carbocycles. The van der Waals surface area contributed by atoms with Gasteiger partial charge in [0.25, 0.3) is 0 Å². The van der Waals surface area contributed by atoms with Crippen molar-refractivity contribution in [3.63, 3.8) is 0 Å². The van der Waals surface area contributed by atoms with E-state index >= 15 is 0 Å². The number of pyridine rings is 1. The molecule has 0 saturated heterocycles. The number of fused-ring (bicyclic) bond motifs is 1. The smallest absolute Gasteiger partial charge is 0.224 e. The second-order valence-corrected chi connectivity index (χ2v) is 6.60. The van der Waals surface area contributed by atoms with Gasteiger partial charge in [-0.15, -0.1) is 0 Å². The molecule has 6 nitrogen and oxygen atoms in total. The van der Waals surface area contributed by atoms with Gasteiger partial charge in [-0.2, -0.15) is 0 Å². The zero-order valence-corrected chi connectivity index (χ0v) is 15.6. The molecule has 0 saturated carbocycles. The summed E-state index contributed by atoms with van der Waals surface area (Å²) in [6, 6.07) is 11.3. The van der Waals surface area contributed by atoms with E-state index in [1.165, 1.54) is 0 Å². The fourth-order valence-corrected chi connectivity index (χ4v) is 3.09. The number of aromatic nitrogens is 3. The summed E-state index contributed by atoms with van der Waals surface area (Å²) in [7, 11) is 1.62. The first kappa shape index (κ1) is 17.9. The van der Waals surface area contributed by atoms with Gasteiger partial charge in [-0.05, 0) is 50.6 Å². The Bertz CT molecular complexity index is 917. The van der Waals surface area contributed by atoms with Crippen LogP contribution in [0.15, 0.2) is 42.6 Å². The molecule has 26 heavy (non-hydrogen) atoms. The fourth-order valence-electron chi connectivity index (χ4n) is 3.09. The molecule has 3 aromatic rings. The maximum absolute atomic E-state index is 12.5. The summed E-state index contributed by atoms with van der Waals surface area (Å²) in [5.41, 5.74) is 2.59. The summed E-state index contributed by atoms with van der Waals surface area (Å²) < 4.78 is 7.29. The molecule has 0 bridgehead atoms. The summed E-state index contributed by atoms with van der Waals surface area (Å²) >= 11 is 0. The first-order chi connectivity index (χ1) is 12.5. The number of carbonyl (C=O) groups is 1. The summed E-state index contributed by atoms with van der Waals surface area (Å²) in [6.45, 7) is 6.12. The number of hydrogen-bond acceptors (Lipinski definition) is 4. The number of nitrogens with zero attached hydrogens (tertiary/aromatic N) is 3. The van der Waals surface area contributed by atoms with Crippen molar-refractivity contribution in [3.8, 4) is 5.75 Å². The van der Waals surface area contributed by atoms with E-state index in [9.17, 15) is 4.79 Å². The van der Waals surface area contributed by atoms with Gasteiger partial charge >= 0.3 is 0 Å². The number of ether oxygens (including phenoxy) is 1. The zero-order valence-electron chi connectivity index (χ0n) is 15.6. The monoisotopic (exact) mass is 352 g/mol. The molecule has 1 atom stereocenters. The predicted octanol–water partition coefficient (Wildman–Crippen LogP) is 3.44. The van der Waals surface area contributed by atoms with Crippen molar-refractivity contribution in [3.05, 3.63) is 54.0 Å². The van der Waals surface area contributed by atoms with Gasteiger partial charge < -0.3 is 14.6 Å². The van der Waals surface area contributed by atoms with Crippen molar-refractivity contribution >= 4 is 17.1 Å². The van der Waals surface area contributed by atoms with Crippen LogP contribution in [-0.2, 0) is 11.2 Å². The second-order valence-electron chi connectivity index (χ2n) is 6.60. The van der Waals surface area contributed by atoms with Crippen molar-refractivity contribution in [2.75, 3.05) is 7.11 Å². The minimum Gasteiger partial charge on any atom is -0.497 e. The van der Waals surface area contributed by atoms with E-state index in [-0.39, 0.29) is 18.0 Å².